The first-order valence-electron chi connectivity index (χ1n) is 3.82. The molecule has 13 heavy (non-hydrogen) atoms. The fourth-order valence-electron chi connectivity index (χ4n) is 0.656. The van der Waals surface area contributed by atoms with E-state index in [1.807, 2.05) is 18.2 Å². The van der Waals surface area contributed by atoms with E-state index in [0.717, 1.165) is 10.0 Å². The van der Waals surface area contributed by atoms with Crippen LogP contribution in [0.25, 0.3) is 0 Å². The smallest absolute Gasteiger partial charge is 0.122 e. The van der Waals surface area contributed by atoms with Gasteiger partial charge in [-0.25, -0.2) is 0 Å². The molecule has 0 aliphatic carbocycles. The summed E-state index contributed by atoms with van der Waals surface area (Å²) in [4.78, 5) is 0. The average Bonchev–Trinajstić information content (AvgIpc) is 2.05. The summed E-state index contributed by atoms with van der Waals surface area (Å²) in [5.41, 5.74) is 5.99. The summed E-state index contributed by atoms with van der Waals surface area (Å²) in [6.07, 6.45) is 0. The Labute approximate surface area is 86.2 Å². The lowest BCUT2D eigenvalue weighted by Crippen LogP contribution is -2.10. The van der Waals surface area contributed by atoms with Gasteiger partial charge in [-0.05, 0) is 19.1 Å². The third-order valence-electron chi connectivity index (χ3n) is 1.14. The molecule has 0 aliphatic rings. The van der Waals surface area contributed by atoms with E-state index in [1.165, 1.54) is 0 Å². The van der Waals surface area contributed by atoms with Crippen LogP contribution < -0.4 is 5.73 Å². The molecular weight excluding hydrogens is 232 g/mol. The van der Waals surface area contributed by atoms with Gasteiger partial charge in [0, 0.05) is 16.6 Å². The van der Waals surface area contributed by atoms with Crippen LogP contribution in [0.5, 0.6) is 0 Å². The number of amidine groups is 1. The normalized spacial score (nSPS) is 8.54. The summed E-state index contributed by atoms with van der Waals surface area (Å²) in [5, 5.41) is 14.7. The average molecular weight is 245 g/mol. The number of hydrogen-bond donors (Lipinski definition) is 3. The largest absolute Gasteiger partial charge is 0.397 e. The second-order valence-electron chi connectivity index (χ2n) is 2.24. The second-order valence-corrected chi connectivity index (χ2v) is 3.16. The van der Waals surface area contributed by atoms with E-state index in [9.17, 15) is 0 Å². The quantitative estimate of drug-likeness (QED) is 0.521. The Kier molecular flexibility index (Phi) is 6.18. The SMILES string of the molecule is CCO.N=C(N)c1cccc(Br)c1. The minimum atomic E-state index is 0.0984. The third kappa shape index (κ3) is 5.38. The highest BCUT2D eigenvalue weighted by atomic mass is 79.9. The molecule has 0 heterocycles. The maximum Gasteiger partial charge on any atom is 0.122 e. The summed E-state index contributed by atoms with van der Waals surface area (Å²) in [6, 6.07) is 7.35. The Morgan fingerprint density at radius 1 is 1.62 bits per heavy atom. The van der Waals surface area contributed by atoms with Gasteiger partial charge in [-0.1, -0.05) is 28.1 Å². The Hall–Kier alpha value is -0.870. The molecule has 4 heteroatoms. The van der Waals surface area contributed by atoms with Gasteiger partial charge in [0.05, 0.1) is 0 Å². The molecule has 72 valence electrons. The van der Waals surface area contributed by atoms with Crippen LogP contribution >= 0.6 is 15.9 Å². The molecule has 3 nitrogen and oxygen atoms in total. The minimum absolute atomic E-state index is 0.0984. The van der Waals surface area contributed by atoms with Gasteiger partial charge < -0.3 is 10.8 Å². The Morgan fingerprint density at radius 2 is 2.15 bits per heavy atom. The van der Waals surface area contributed by atoms with Crippen molar-refractivity contribution in [1.29, 1.82) is 5.41 Å². The van der Waals surface area contributed by atoms with E-state index in [4.69, 9.17) is 16.2 Å². The standard InChI is InChI=1S/C7H7BrN2.C2H6O/c8-6-3-1-2-5(4-6)7(9)10;1-2-3/h1-4H,(H3,9,10);3H,2H2,1H3. The number of aliphatic hydroxyl groups is 1. The summed E-state index contributed by atoms with van der Waals surface area (Å²) < 4.78 is 0.945. The molecule has 0 aromatic heterocycles. The lowest BCUT2D eigenvalue weighted by Gasteiger charge is -1.96. The van der Waals surface area contributed by atoms with E-state index in [-0.39, 0.29) is 12.4 Å². The van der Waals surface area contributed by atoms with Gasteiger partial charge in [-0.2, -0.15) is 0 Å². The minimum Gasteiger partial charge on any atom is -0.397 e. The molecule has 0 amide bonds. The fourth-order valence-corrected chi connectivity index (χ4v) is 1.06. The number of rotatable bonds is 1. The van der Waals surface area contributed by atoms with E-state index < -0.39 is 0 Å². The van der Waals surface area contributed by atoms with Crippen LogP contribution in [0.15, 0.2) is 28.7 Å². The molecule has 1 aromatic rings. The third-order valence-corrected chi connectivity index (χ3v) is 1.63. The zero-order valence-electron chi connectivity index (χ0n) is 7.42. The van der Waals surface area contributed by atoms with E-state index in [2.05, 4.69) is 15.9 Å². The van der Waals surface area contributed by atoms with E-state index in [0.29, 0.717) is 0 Å². The molecule has 0 unspecified atom stereocenters. The Bertz CT molecular complexity index is 276. The highest BCUT2D eigenvalue weighted by Crippen LogP contribution is 2.10. The van der Waals surface area contributed by atoms with Gasteiger partial charge in [0.2, 0.25) is 0 Å². The summed E-state index contributed by atoms with van der Waals surface area (Å²) in [5.74, 6) is 0.0984. The van der Waals surface area contributed by atoms with E-state index >= 15 is 0 Å². The predicted molar refractivity (Wildman–Crippen MR) is 57.9 cm³/mol. The van der Waals surface area contributed by atoms with Crippen LogP contribution in [0.4, 0.5) is 0 Å². The van der Waals surface area contributed by atoms with E-state index in [1.54, 1.807) is 13.0 Å². The summed E-state index contributed by atoms with van der Waals surface area (Å²) in [6.45, 7) is 1.93. The number of nitrogens with one attached hydrogen (secondary N) is 1. The zero-order valence-corrected chi connectivity index (χ0v) is 9.01. The molecule has 1 rings (SSSR count). The molecule has 0 atom stereocenters. The van der Waals surface area contributed by atoms with Crippen LogP contribution in [-0.2, 0) is 0 Å². The van der Waals surface area contributed by atoms with Crippen molar-refractivity contribution >= 4 is 21.8 Å². The fraction of sp³-hybridized carbons (Fsp3) is 0.222. The number of halogens is 1. The summed E-state index contributed by atoms with van der Waals surface area (Å²) >= 11 is 3.28. The second kappa shape index (κ2) is 6.62. The highest BCUT2D eigenvalue weighted by molar-refractivity contribution is 9.10. The van der Waals surface area contributed by atoms with Gasteiger partial charge in [0.15, 0.2) is 0 Å². The maximum absolute atomic E-state index is 7.57. The van der Waals surface area contributed by atoms with Crippen molar-refractivity contribution in [3.05, 3.63) is 34.3 Å². The molecule has 1 aromatic carbocycles. The molecule has 0 radical (unpaired) electrons. The lowest BCUT2D eigenvalue weighted by molar-refractivity contribution is 0.318. The van der Waals surface area contributed by atoms with Crippen molar-refractivity contribution < 1.29 is 5.11 Å². The van der Waals surface area contributed by atoms with Crippen LogP contribution in [0.2, 0.25) is 0 Å². The number of hydrogen-bond acceptors (Lipinski definition) is 2. The molecule has 4 N–H and O–H groups in total. The van der Waals surface area contributed by atoms with Gasteiger partial charge in [0.1, 0.15) is 5.84 Å². The van der Waals surface area contributed by atoms with Crippen molar-refractivity contribution in [3.8, 4) is 0 Å². The molecular formula is C9H13BrN2O. The molecule has 0 fully saturated rings. The molecule has 0 saturated heterocycles. The maximum atomic E-state index is 7.57. The number of nitrogens with two attached hydrogens (primary N) is 1. The van der Waals surface area contributed by atoms with Crippen molar-refractivity contribution in [2.24, 2.45) is 5.73 Å². The Morgan fingerprint density at radius 3 is 2.46 bits per heavy atom. The van der Waals surface area contributed by atoms with Crippen molar-refractivity contribution in [3.63, 3.8) is 0 Å². The van der Waals surface area contributed by atoms with Crippen LogP contribution in [0.3, 0.4) is 0 Å². The number of aliphatic hydroxyl groups excluding tert-OH is 1. The predicted octanol–water partition coefficient (Wildman–Crippen LogP) is 1.73. The van der Waals surface area contributed by atoms with Crippen LogP contribution in [-0.4, -0.2) is 17.5 Å². The lowest BCUT2D eigenvalue weighted by atomic mass is 10.2. The Balaban J connectivity index is 0.000000424. The van der Waals surface area contributed by atoms with Crippen LogP contribution in [0, 0.1) is 5.41 Å². The first kappa shape index (κ1) is 12.1. The number of nitrogen functional groups attached to an aromatic ring is 1. The van der Waals surface area contributed by atoms with Crippen molar-refractivity contribution in [2.45, 2.75) is 6.92 Å². The number of benzene rings is 1. The van der Waals surface area contributed by atoms with Gasteiger partial charge in [-0.15, -0.1) is 0 Å². The molecule has 0 bridgehead atoms. The van der Waals surface area contributed by atoms with Gasteiger partial charge in [-0.3, -0.25) is 5.41 Å². The van der Waals surface area contributed by atoms with Gasteiger partial charge >= 0.3 is 0 Å². The van der Waals surface area contributed by atoms with Crippen LogP contribution in [0.1, 0.15) is 12.5 Å². The molecule has 0 aliphatic heterocycles. The monoisotopic (exact) mass is 244 g/mol. The van der Waals surface area contributed by atoms with Crippen molar-refractivity contribution in [2.75, 3.05) is 6.61 Å². The summed E-state index contributed by atoms with van der Waals surface area (Å²) in [7, 11) is 0. The first-order chi connectivity index (χ1) is 6.11. The zero-order chi connectivity index (χ0) is 10.3. The first-order valence-corrected chi connectivity index (χ1v) is 4.62. The van der Waals surface area contributed by atoms with Gasteiger partial charge in [0.25, 0.3) is 0 Å². The molecule has 0 spiro atoms. The topological polar surface area (TPSA) is 70.1 Å². The molecule has 0 saturated carbocycles. The van der Waals surface area contributed by atoms with Crippen molar-refractivity contribution in [1.82, 2.24) is 0 Å². The highest BCUT2D eigenvalue weighted by Gasteiger charge is 1.94.